The second-order valence-corrected chi connectivity index (χ2v) is 7.72. The SMILES string of the molecule is N#CC1(NC(=O)[C@@H](Cc2cccnc2)NC(=O)c2ccc(-c3ccccc3)cc2)CC1. The number of carbonyl (C=O) groups excluding carboxylic acids is 2. The second kappa shape index (κ2) is 8.80. The van der Waals surface area contributed by atoms with E-state index in [-0.39, 0.29) is 18.2 Å². The van der Waals surface area contributed by atoms with E-state index in [1.165, 1.54) is 0 Å². The van der Waals surface area contributed by atoms with Crippen LogP contribution in [0.4, 0.5) is 0 Å². The zero-order chi connectivity index (χ0) is 21.7. The van der Waals surface area contributed by atoms with Gasteiger partial charge in [-0.15, -0.1) is 0 Å². The molecular weight excluding hydrogens is 388 g/mol. The molecule has 1 aliphatic rings. The first-order valence-corrected chi connectivity index (χ1v) is 10.2. The van der Waals surface area contributed by atoms with Crippen molar-refractivity contribution < 1.29 is 9.59 Å². The fourth-order valence-corrected chi connectivity index (χ4v) is 3.36. The van der Waals surface area contributed by atoms with Gasteiger partial charge in [0.2, 0.25) is 5.91 Å². The lowest BCUT2D eigenvalue weighted by Crippen LogP contribution is -2.51. The van der Waals surface area contributed by atoms with Crippen molar-refractivity contribution in [2.24, 2.45) is 0 Å². The molecule has 2 aromatic carbocycles. The zero-order valence-corrected chi connectivity index (χ0v) is 16.9. The number of pyridine rings is 1. The van der Waals surface area contributed by atoms with Crippen molar-refractivity contribution in [1.82, 2.24) is 15.6 Å². The highest BCUT2D eigenvalue weighted by Crippen LogP contribution is 2.34. The maximum Gasteiger partial charge on any atom is 0.251 e. The average molecular weight is 410 g/mol. The van der Waals surface area contributed by atoms with E-state index in [0.29, 0.717) is 18.4 Å². The van der Waals surface area contributed by atoms with Crippen LogP contribution in [0.3, 0.4) is 0 Å². The molecule has 0 radical (unpaired) electrons. The number of hydrogen-bond donors (Lipinski definition) is 2. The minimum Gasteiger partial charge on any atom is -0.340 e. The maximum absolute atomic E-state index is 12.9. The highest BCUT2D eigenvalue weighted by Gasteiger charge is 2.45. The van der Waals surface area contributed by atoms with Crippen molar-refractivity contribution in [2.75, 3.05) is 0 Å². The smallest absolute Gasteiger partial charge is 0.251 e. The molecule has 4 rings (SSSR count). The molecule has 3 aromatic rings. The number of nitrogens with one attached hydrogen (secondary N) is 2. The fourth-order valence-electron chi connectivity index (χ4n) is 3.36. The van der Waals surface area contributed by atoms with E-state index < -0.39 is 11.6 Å². The van der Waals surface area contributed by atoms with Crippen LogP contribution in [0.2, 0.25) is 0 Å². The molecule has 0 bridgehead atoms. The Kier molecular flexibility index (Phi) is 5.76. The van der Waals surface area contributed by atoms with Gasteiger partial charge in [0.25, 0.3) is 5.91 Å². The Hall–Kier alpha value is -3.98. The monoisotopic (exact) mass is 410 g/mol. The fraction of sp³-hybridized carbons (Fsp3) is 0.200. The van der Waals surface area contributed by atoms with Crippen LogP contribution in [0.15, 0.2) is 79.1 Å². The lowest BCUT2D eigenvalue weighted by Gasteiger charge is -2.20. The highest BCUT2D eigenvalue weighted by molar-refractivity contribution is 5.98. The van der Waals surface area contributed by atoms with Crippen molar-refractivity contribution in [3.63, 3.8) is 0 Å². The summed E-state index contributed by atoms with van der Waals surface area (Å²) in [6.45, 7) is 0. The maximum atomic E-state index is 12.9. The van der Waals surface area contributed by atoms with Gasteiger partial charge < -0.3 is 10.6 Å². The van der Waals surface area contributed by atoms with Gasteiger partial charge in [-0.2, -0.15) is 5.26 Å². The van der Waals surface area contributed by atoms with Gasteiger partial charge in [-0.05, 0) is 47.7 Å². The van der Waals surface area contributed by atoms with Crippen LogP contribution in [0.5, 0.6) is 0 Å². The first-order valence-electron chi connectivity index (χ1n) is 10.2. The van der Waals surface area contributed by atoms with Gasteiger partial charge in [0, 0.05) is 24.4 Å². The number of rotatable bonds is 7. The average Bonchev–Trinajstić information content (AvgIpc) is 3.60. The van der Waals surface area contributed by atoms with E-state index in [0.717, 1.165) is 16.7 Å². The van der Waals surface area contributed by atoms with Gasteiger partial charge in [0.15, 0.2) is 0 Å². The van der Waals surface area contributed by atoms with Crippen LogP contribution in [0.1, 0.15) is 28.8 Å². The van der Waals surface area contributed by atoms with Gasteiger partial charge >= 0.3 is 0 Å². The summed E-state index contributed by atoms with van der Waals surface area (Å²) in [4.78, 5) is 29.8. The summed E-state index contributed by atoms with van der Waals surface area (Å²) in [5.41, 5.74) is 2.56. The third-order valence-corrected chi connectivity index (χ3v) is 5.37. The molecule has 1 saturated carbocycles. The largest absolute Gasteiger partial charge is 0.340 e. The molecule has 6 heteroatoms. The molecule has 1 fully saturated rings. The Morgan fingerprint density at radius 1 is 1.00 bits per heavy atom. The van der Waals surface area contributed by atoms with Crippen molar-refractivity contribution in [1.29, 1.82) is 5.26 Å². The molecule has 0 aliphatic heterocycles. The molecule has 6 nitrogen and oxygen atoms in total. The number of nitrogens with zero attached hydrogens (tertiary/aromatic N) is 2. The topological polar surface area (TPSA) is 94.9 Å². The van der Waals surface area contributed by atoms with E-state index in [1.807, 2.05) is 48.5 Å². The minimum atomic E-state index is -0.809. The minimum absolute atomic E-state index is 0.287. The molecule has 31 heavy (non-hydrogen) atoms. The first-order chi connectivity index (χ1) is 15.1. The quantitative estimate of drug-likeness (QED) is 0.625. The number of nitriles is 1. The van der Waals surface area contributed by atoms with E-state index >= 15 is 0 Å². The van der Waals surface area contributed by atoms with E-state index in [4.69, 9.17) is 0 Å². The summed E-state index contributed by atoms with van der Waals surface area (Å²) in [6.07, 6.45) is 4.86. The number of aromatic nitrogens is 1. The summed E-state index contributed by atoms with van der Waals surface area (Å²) >= 11 is 0. The van der Waals surface area contributed by atoms with Gasteiger partial charge in [0.05, 0.1) is 6.07 Å². The first kappa shape index (κ1) is 20.3. The summed E-state index contributed by atoms with van der Waals surface area (Å²) in [5.74, 6) is -0.706. The number of amides is 2. The Morgan fingerprint density at radius 2 is 1.71 bits per heavy atom. The molecule has 2 amide bonds. The summed E-state index contributed by atoms with van der Waals surface area (Å²) in [7, 11) is 0. The lowest BCUT2D eigenvalue weighted by atomic mass is 10.0. The normalized spacial score (nSPS) is 14.7. The van der Waals surface area contributed by atoms with Crippen LogP contribution in [0.25, 0.3) is 11.1 Å². The van der Waals surface area contributed by atoms with E-state index in [2.05, 4.69) is 21.7 Å². The second-order valence-electron chi connectivity index (χ2n) is 7.72. The molecule has 2 N–H and O–H groups in total. The highest BCUT2D eigenvalue weighted by atomic mass is 16.2. The van der Waals surface area contributed by atoms with E-state index in [9.17, 15) is 14.9 Å². The molecular formula is C25H22N4O2. The van der Waals surface area contributed by atoms with Crippen LogP contribution >= 0.6 is 0 Å². The number of carbonyl (C=O) groups is 2. The molecule has 1 atom stereocenters. The van der Waals surface area contributed by atoms with Crippen LogP contribution in [-0.2, 0) is 11.2 Å². The molecule has 1 heterocycles. The Bertz CT molecular complexity index is 1100. The predicted molar refractivity (Wildman–Crippen MR) is 117 cm³/mol. The van der Waals surface area contributed by atoms with Crippen molar-refractivity contribution in [3.05, 3.63) is 90.3 Å². The van der Waals surface area contributed by atoms with Gasteiger partial charge in [-0.25, -0.2) is 0 Å². The third-order valence-electron chi connectivity index (χ3n) is 5.37. The van der Waals surface area contributed by atoms with Gasteiger partial charge in [-0.3, -0.25) is 14.6 Å². The Labute approximate surface area is 180 Å². The standard InChI is InChI=1S/C25H22N4O2/c26-17-25(12-13-25)29-24(31)22(15-18-5-4-14-27-16-18)28-23(30)21-10-8-20(9-11-21)19-6-2-1-3-7-19/h1-11,14,16,22H,12-13,15H2,(H,28,30)(H,29,31)/t22-/m1/s1. The van der Waals surface area contributed by atoms with Crippen molar-refractivity contribution >= 4 is 11.8 Å². The number of hydrogen-bond acceptors (Lipinski definition) is 4. The van der Waals surface area contributed by atoms with Gasteiger partial charge in [0.1, 0.15) is 11.6 Å². The van der Waals surface area contributed by atoms with Crippen molar-refractivity contribution in [3.8, 4) is 17.2 Å². The lowest BCUT2D eigenvalue weighted by molar-refractivity contribution is -0.123. The van der Waals surface area contributed by atoms with Crippen LogP contribution in [-0.4, -0.2) is 28.4 Å². The predicted octanol–water partition coefficient (Wildman–Crippen LogP) is 3.26. The van der Waals surface area contributed by atoms with Crippen molar-refractivity contribution in [2.45, 2.75) is 30.8 Å². The molecule has 154 valence electrons. The third kappa shape index (κ3) is 4.96. The summed E-state index contributed by atoms with van der Waals surface area (Å²) < 4.78 is 0. The Morgan fingerprint density at radius 3 is 2.32 bits per heavy atom. The summed E-state index contributed by atoms with van der Waals surface area (Å²) in [6, 6.07) is 22.1. The van der Waals surface area contributed by atoms with E-state index in [1.54, 1.807) is 30.6 Å². The molecule has 0 spiro atoms. The van der Waals surface area contributed by atoms with Crippen LogP contribution < -0.4 is 10.6 Å². The van der Waals surface area contributed by atoms with Crippen LogP contribution in [0, 0.1) is 11.3 Å². The molecule has 0 unspecified atom stereocenters. The van der Waals surface area contributed by atoms with Gasteiger partial charge in [-0.1, -0.05) is 48.5 Å². The molecule has 1 aromatic heterocycles. The Balaban J connectivity index is 1.49. The molecule has 0 saturated heterocycles. The molecule has 1 aliphatic carbocycles. The zero-order valence-electron chi connectivity index (χ0n) is 16.9. The number of benzene rings is 2. The summed E-state index contributed by atoms with van der Waals surface area (Å²) in [5, 5.41) is 14.9.